The molecule has 0 saturated heterocycles. The van der Waals surface area contributed by atoms with E-state index in [2.05, 4.69) is 43.0 Å². The second-order valence-electron chi connectivity index (χ2n) is 4.56. The summed E-state index contributed by atoms with van der Waals surface area (Å²) in [6.45, 7) is 4.10. The van der Waals surface area contributed by atoms with Crippen LogP contribution in [-0.2, 0) is 6.42 Å². The van der Waals surface area contributed by atoms with Crippen molar-refractivity contribution >= 4 is 0 Å². The number of benzene rings is 1. The third kappa shape index (κ3) is 3.10. The Kier molecular flexibility index (Phi) is 3.98. The highest BCUT2D eigenvalue weighted by molar-refractivity contribution is 5.32. The summed E-state index contributed by atoms with van der Waals surface area (Å²) < 4.78 is 0. The standard InChI is InChI=1S/C16H20/c1-14-8-7-13-16(14)12-6-5-11-15-9-3-2-4-10-15/h2-4,9-10,12H,1,5-8,11,13H2/b16-12+. The van der Waals surface area contributed by atoms with Gasteiger partial charge in [-0.05, 0) is 49.7 Å². The first-order chi connectivity index (χ1) is 7.86. The van der Waals surface area contributed by atoms with Crippen LogP contribution < -0.4 is 0 Å². The van der Waals surface area contributed by atoms with Gasteiger partial charge >= 0.3 is 0 Å². The average Bonchev–Trinajstić information content (AvgIpc) is 2.72. The second kappa shape index (κ2) is 5.69. The molecule has 1 aromatic rings. The number of hydrogen-bond donors (Lipinski definition) is 0. The molecule has 0 heteroatoms. The summed E-state index contributed by atoms with van der Waals surface area (Å²) in [6.07, 6.45) is 9.82. The zero-order valence-electron chi connectivity index (χ0n) is 9.91. The Balaban J connectivity index is 1.75. The molecule has 2 rings (SSSR count). The molecule has 0 atom stereocenters. The number of hydrogen-bond acceptors (Lipinski definition) is 0. The summed E-state index contributed by atoms with van der Waals surface area (Å²) in [5.74, 6) is 0. The fraction of sp³-hybridized carbons (Fsp3) is 0.375. The van der Waals surface area contributed by atoms with Gasteiger partial charge in [0, 0.05) is 0 Å². The van der Waals surface area contributed by atoms with Gasteiger partial charge in [-0.3, -0.25) is 0 Å². The second-order valence-corrected chi connectivity index (χ2v) is 4.56. The zero-order valence-corrected chi connectivity index (χ0v) is 9.91. The largest absolute Gasteiger partial charge is 0.0956 e. The molecule has 1 aliphatic rings. The number of aryl methyl sites for hydroxylation is 1. The van der Waals surface area contributed by atoms with Gasteiger partial charge in [0.1, 0.15) is 0 Å². The molecule has 0 N–H and O–H groups in total. The highest BCUT2D eigenvalue weighted by Crippen LogP contribution is 2.29. The molecule has 1 aromatic carbocycles. The van der Waals surface area contributed by atoms with Crippen LogP contribution in [-0.4, -0.2) is 0 Å². The molecule has 0 aliphatic heterocycles. The van der Waals surface area contributed by atoms with Gasteiger partial charge in [-0.1, -0.05) is 48.6 Å². The van der Waals surface area contributed by atoms with E-state index in [1.807, 2.05) is 0 Å². The first-order valence-electron chi connectivity index (χ1n) is 6.27. The molecular weight excluding hydrogens is 192 g/mol. The Morgan fingerprint density at radius 3 is 2.62 bits per heavy atom. The van der Waals surface area contributed by atoms with Gasteiger partial charge in [-0.2, -0.15) is 0 Å². The van der Waals surface area contributed by atoms with Crippen LogP contribution in [0.3, 0.4) is 0 Å². The van der Waals surface area contributed by atoms with Crippen molar-refractivity contribution in [3.63, 3.8) is 0 Å². The molecule has 1 aliphatic carbocycles. The first-order valence-corrected chi connectivity index (χ1v) is 6.27. The molecule has 16 heavy (non-hydrogen) atoms. The molecule has 1 fully saturated rings. The van der Waals surface area contributed by atoms with Gasteiger partial charge in [0.25, 0.3) is 0 Å². The minimum absolute atomic E-state index is 1.19. The van der Waals surface area contributed by atoms with Crippen LogP contribution in [0.15, 0.2) is 54.1 Å². The van der Waals surface area contributed by atoms with E-state index in [1.54, 1.807) is 0 Å². The van der Waals surface area contributed by atoms with Crippen LogP contribution in [0.1, 0.15) is 37.7 Å². The number of rotatable bonds is 4. The maximum absolute atomic E-state index is 4.10. The normalized spacial score (nSPS) is 18.2. The molecule has 0 spiro atoms. The average molecular weight is 212 g/mol. The van der Waals surface area contributed by atoms with Crippen molar-refractivity contribution in [3.05, 3.63) is 59.7 Å². The van der Waals surface area contributed by atoms with Crippen LogP contribution in [0.2, 0.25) is 0 Å². The van der Waals surface area contributed by atoms with Gasteiger partial charge in [0.05, 0.1) is 0 Å². The van der Waals surface area contributed by atoms with Crippen molar-refractivity contribution in [2.24, 2.45) is 0 Å². The topological polar surface area (TPSA) is 0 Å². The predicted molar refractivity (Wildman–Crippen MR) is 70.5 cm³/mol. The Morgan fingerprint density at radius 2 is 1.94 bits per heavy atom. The minimum atomic E-state index is 1.19. The van der Waals surface area contributed by atoms with E-state index >= 15 is 0 Å². The van der Waals surface area contributed by atoms with Crippen LogP contribution in [0.4, 0.5) is 0 Å². The van der Waals surface area contributed by atoms with E-state index < -0.39 is 0 Å². The van der Waals surface area contributed by atoms with E-state index in [4.69, 9.17) is 0 Å². The lowest BCUT2D eigenvalue weighted by Crippen LogP contribution is -1.84. The van der Waals surface area contributed by atoms with Gasteiger partial charge in [0.15, 0.2) is 0 Å². The summed E-state index contributed by atoms with van der Waals surface area (Å²) in [5.41, 5.74) is 4.35. The van der Waals surface area contributed by atoms with Gasteiger partial charge in [-0.25, -0.2) is 0 Å². The van der Waals surface area contributed by atoms with Crippen molar-refractivity contribution in [3.8, 4) is 0 Å². The number of unbranched alkanes of at least 4 members (excludes halogenated alkanes) is 1. The maximum Gasteiger partial charge on any atom is -0.0276 e. The molecule has 0 unspecified atom stereocenters. The van der Waals surface area contributed by atoms with E-state index in [-0.39, 0.29) is 0 Å². The van der Waals surface area contributed by atoms with Crippen molar-refractivity contribution in [2.75, 3.05) is 0 Å². The summed E-state index contributed by atoms with van der Waals surface area (Å²) in [5, 5.41) is 0. The van der Waals surface area contributed by atoms with E-state index in [0.29, 0.717) is 0 Å². The van der Waals surface area contributed by atoms with Crippen LogP contribution >= 0.6 is 0 Å². The third-order valence-electron chi connectivity index (χ3n) is 3.28. The fourth-order valence-corrected chi connectivity index (χ4v) is 2.30. The smallest absolute Gasteiger partial charge is 0.0276 e. The quantitative estimate of drug-likeness (QED) is 0.636. The van der Waals surface area contributed by atoms with Gasteiger partial charge < -0.3 is 0 Å². The molecule has 84 valence electrons. The highest BCUT2D eigenvalue weighted by Gasteiger charge is 2.09. The molecule has 0 radical (unpaired) electrons. The SMILES string of the molecule is C=C1CCC/C1=C\CCCc1ccccc1. The summed E-state index contributed by atoms with van der Waals surface area (Å²) >= 11 is 0. The Morgan fingerprint density at radius 1 is 1.12 bits per heavy atom. The molecule has 0 nitrogen and oxygen atoms in total. The highest BCUT2D eigenvalue weighted by atomic mass is 14.1. The monoisotopic (exact) mass is 212 g/mol. The third-order valence-corrected chi connectivity index (χ3v) is 3.28. The van der Waals surface area contributed by atoms with E-state index in [0.717, 1.165) is 0 Å². The summed E-state index contributed by atoms with van der Waals surface area (Å²) in [4.78, 5) is 0. The van der Waals surface area contributed by atoms with Crippen LogP contribution in [0, 0.1) is 0 Å². The van der Waals surface area contributed by atoms with Gasteiger partial charge in [-0.15, -0.1) is 0 Å². The van der Waals surface area contributed by atoms with Crippen LogP contribution in [0.5, 0.6) is 0 Å². The van der Waals surface area contributed by atoms with Crippen molar-refractivity contribution in [2.45, 2.75) is 38.5 Å². The molecule has 0 amide bonds. The lowest BCUT2D eigenvalue weighted by Gasteiger charge is -2.00. The van der Waals surface area contributed by atoms with Gasteiger partial charge in [0.2, 0.25) is 0 Å². The summed E-state index contributed by atoms with van der Waals surface area (Å²) in [6, 6.07) is 10.7. The molecule has 0 heterocycles. The van der Waals surface area contributed by atoms with E-state index in [9.17, 15) is 0 Å². The zero-order chi connectivity index (χ0) is 11.2. The maximum atomic E-state index is 4.10. The van der Waals surface area contributed by atoms with E-state index in [1.165, 1.54) is 55.2 Å². The molecule has 0 bridgehead atoms. The fourth-order valence-electron chi connectivity index (χ4n) is 2.30. The Labute approximate surface area is 98.7 Å². The molecular formula is C16H20. The lowest BCUT2D eigenvalue weighted by atomic mass is 10.1. The number of allylic oxidation sites excluding steroid dienone is 3. The Hall–Kier alpha value is -1.30. The lowest BCUT2D eigenvalue weighted by molar-refractivity contribution is 0.835. The van der Waals surface area contributed by atoms with Crippen molar-refractivity contribution < 1.29 is 0 Å². The van der Waals surface area contributed by atoms with Crippen molar-refractivity contribution in [1.82, 2.24) is 0 Å². The molecule has 0 aromatic heterocycles. The molecule has 1 saturated carbocycles. The first kappa shape index (κ1) is 11.2. The Bertz CT molecular complexity index is 370. The van der Waals surface area contributed by atoms with Crippen LogP contribution in [0.25, 0.3) is 0 Å². The minimum Gasteiger partial charge on any atom is -0.0956 e. The predicted octanol–water partition coefficient (Wildman–Crippen LogP) is 4.68. The van der Waals surface area contributed by atoms with Crippen molar-refractivity contribution in [1.29, 1.82) is 0 Å². The summed E-state index contributed by atoms with van der Waals surface area (Å²) in [7, 11) is 0.